The van der Waals surface area contributed by atoms with Gasteiger partial charge in [-0.25, -0.2) is 4.79 Å². The maximum atomic E-state index is 12.0. The summed E-state index contributed by atoms with van der Waals surface area (Å²) in [7, 11) is 0. The summed E-state index contributed by atoms with van der Waals surface area (Å²) >= 11 is 1.77. The lowest BCUT2D eigenvalue weighted by molar-refractivity contribution is 0.0261. The molecule has 21 heavy (non-hydrogen) atoms. The topological polar surface area (TPSA) is 41.6 Å². The number of rotatable bonds is 7. The molecule has 0 aliphatic heterocycles. The van der Waals surface area contributed by atoms with Gasteiger partial charge in [-0.1, -0.05) is 13.0 Å². The van der Waals surface area contributed by atoms with Gasteiger partial charge in [0.25, 0.3) is 0 Å². The van der Waals surface area contributed by atoms with E-state index < -0.39 is 5.60 Å². The zero-order valence-corrected chi connectivity index (χ0v) is 14.6. The molecular weight excluding hydrogens is 284 g/mol. The van der Waals surface area contributed by atoms with Crippen molar-refractivity contribution in [3.8, 4) is 0 Å². The van der Waals surface area contributed by atoms with Gasteiger partial charge in [0.2, 0.25) is 0 Å². The SMILES string of the molecule is CCC(NCCN(CC)C(=O)OC(C)(C)C)c1cccs1. The van der Waals surface area contributed by atoms with E-state index in [0.29, 0.717) is 19.1 Å². The molecule has 1 aromatic heterocycles. The Bertz CT molecular complexity index is 412. The van der Waals surface area contributed by atoms with Crippen LogP contribution in [0.25, 0.3) is 0 Å². The van der Waals surface area contributed by atoms with Gasteiger partial charge in [-0.15, -0.1) is 11.3 Å². The molecule has 0 aliphatic carbocycles. The van der Waals surface area contributed by atoms with E-state index in [1.54, 1.807) is 16.2 Å². The van der Waals surface area contributed by atoms with Gasteiger partial charge in [0, 0.05) is 30.6 Å². The lowest BCUT2D eigenvalue weighted by Crippen LogP contribution is -2.40. The Kier molecular flexibility index (Phi) is 7.18. The van der Waals surface area contributed by atoms with Crippen molar-refractivity contribution in [2.45, 2.75) is 52.7 Å². The summed E-state index contributed by atoms with van der Waals surface area (Å²) in [6.07, 6.45) is 0.801. The molecule has 1 atom stereocenters. The molecule has 0 saturated heterocycles. The third-order valence-electron chi connectivity index (χ3n) is 3.10. The average Bonchev–Trinajstić information content (AvgIpc) is 2.90. The van der Waals surface area contributed by atoms with Gasteiger partial charge in [0.15, 0.2) is 0 Å². The summed E-state index contributed by atoms with van der Waals surface area (Å²) in [6, 6.07) is 4.59. The lowest BCUT2D eigenvalue weighted by atomic mass is 10.2. The van der Waals surface area contributed by atoms with Gasteiger partial charge in [0.05, 0.1) is 0 Å². The molecule has 0 spiro atoms. The van der Waals surface area contributed by atoms with Gasteiger partial charge >= 0.3 is 6.09 Å². The molecular formula is C16H28N2O2S. The minimum Gasteiger partial charge on any atom is -0.444 e. The second-order valence-electron chi connectivity index (χ2n) is 5.99. The first-order chi connectivity index (χ1) is 9.87. The van der Waals surface area contributed by atoms with Crippen molar-refractivity contribution in [3.63, 3.8) is 0 Å². The molecule has 1 amide bonds. The first-order valence-electron chi connectivity index (χ1n) is 7.62. The molecule has 1 aromatic rings. The number of hydrogen-bond donors (Lipinski definition) is 1. The first kappa shape index (κ1) is 18.0. The highest BCUT2D eigenvalue weighted by atomic mass is 32.1. The second kappa shape index (κ2) is 8.39. The van der Waals surface area contributed by atoms with Crippen LogP contribution in [0.4, 0.5) is 4.79 Å². The predicted octanol–water partition coefficient (Wildman–Crippen LogP) is 4.05. The highest BCUT2D eigenvalue weighted by molar-refractivity contribution is 7.10. The van der Waals surface area contributed by atoms with E-state index in [9.17, 15) is 4.79 Å². The lowest BCUT2D eigenvalue weighted by Gasteiger charge is -2.27. The Morgan fingerprint density at radius 1 is 1.43 bits per heavy atom. The summed E-state index contributed by atoms with van der Waals surface area (Å²) in [4.78, 5) is 15.1. The monoisotopic (exact) mass is 312 g/mol. The molecule has 1 unspecified atom stereocenters. The number of hydrogen-bond acceptors (Lipinski definition) is 4. The zero-order valence-electron chi connectivity index (χ0n) is 13.8. The predicted molar refractivity (Wildman–Crippen MR) is 88.8 cm³/mol. The van der Waals surface area contributed by atoms with Crippen LogP contribution >= 0.6 is 11.3 Å². The van der Waals surface area contributed by atoms with Crippen LogP contribution in [0.2, 0.25) is 0 Å². The fourth-order valence-electron chi connectivity index (χ4n) is 2.01. The fraction of sp³-hybridized carbons (Fsp3) is 0.688. The number of likely N-dealkylation sites (N-methyl/N-ethyl adjacent to an activating group) is 1. The van der Waals surface area contributed by atoms with Crippen LogP contribution in [0.15, 0.2) is 17.5 Å². The number of amides is 1. The van der Waals surface area contributed by atoms with Crippen molar-refractivity contribution in [1.29, 1.82) is 0 Å². The molecule has 0 saturated carbocycles. The zero-order chi connectivity index (χ0) is 15.9. The largest absolute Gasteiger partial charge is 0.444 e. The normalized spacial score (nSPS) is 13.0. The van der Waals surface area contributed by atoms with Crippen LogP contribution in [-0.4, -0.2) is 36.2 Å². The number of ether oxygens (including phenoxy) is 1. The Morgan fingerprint density at radius 2 is 2.14 bits per heavy atom. The molecule has 0 fully saturated rings. The van der Waals surface area contributed by atoms with E-state index >= 15 is 0 Å². The van der Waals surface area contributed by atoms with Crippen LogP contribution in [0.3, 0.4) is 0 Å². The van der Waals surface area contributed by atoms with E-state index in [1.165, 1.54) is 4.88 Å². The van der Waals surface area contributed by atoms with Gasteiger partial charge in [-0.3, -0.25) is 0 Å². The van der Waals surface area contributed by atoms with Gasteiger partial charge in [-0.2, -0.15) is 0 Å². The minimum absolute atomic E-state index is 0.240. The standard InChI is InChI=1S/C16H28N2O2S/c1-6-13(14-9-8-12-21-14)17-10-11-18(7-2)15(19)20-16(3,4)5/h8-9,12-13,17H,6-7,10-11H2,1-5H3. The smallest absolute Gasteiger partial charge is 0.410 e. The van der Waals surface area contributed by atoms with Crippen LogP contribution < -0.4 is 5.32 Å². The highest BCUT2D eigenvalue weighted by Gasteiger charge is 2.21. The number of carbonyl (C=O) groups is 1. The highest BCUT2D eigenvalue weighted by Crippen LogP contribution is 2.21. The molecule has 4 nitrogen and oxygen atoms in total. The first-order valence-corrected chi connectivity index (χ1v) is 8.50. The Hall–Kier alpha value is -1.07. The Morgan fingerprint density at radius 3 is 2.62 bits per heavy atom. The van der Waals surface area contributed by atoms with Gasteiger partial charge in [-0.05, 0) is 45.6 Å². The Labute approximate surface area is 132 Å². The summed E-state index contributed by atoms with van der Waals surface area (Å²) < 4.78 is 5.41. The molecule has 0 aromatic carbocycles. The maximum absolute atomic E-state index is 12.0. The quantitative estimate of drug-likeness (QED) is 0.826. The molecule has 0 bridgehead atoms. The van der Waals surface area contributed by atoms with E-state index in [1.807, 2.05) is 27.7 Å². The molecule has 0 aliphatic rings. The van der Waals surface area contributed by atoms with Crippen molar-refractivity contribution in [1.82, 2.24) is 10.2 Å². The van der Waals surface area contributed by atoms with E-state index in [0.717, 1.165) is 13.0 Å². The minimum atomic E-state index is -0.444. The molecule has 5 heteroatoms. The number of thiophene rings is 1. The molecule has 120 valence electrons. The molecule has 1 rings (SSSR count). The van der Waals surface area contributed by atoms with Crippen LogP contribution in [0.1, 0.15) is 52.0 Å². The number of nitrogens with one attached hydrogen (secondary N) is 1. The molecule has 1 N–H and O–H groups in total. The molecule has 0 radical (unpaired) electrons. The third kappa shape index (κ3) is 6.48. The summed E-state index contributed by atoms with van der Waals surface area (Å²) in [5.74, 6) is 0. The van der Waals surface area contributed by atoms with Crippen LogP contribution in [0.5, 0.6) is 0 Å². The third-order valence-corrected chi connectivity index (χ3v) is 4.09. The van der Waals surface area contributed by atoms with Gasteiger partial charge in [0.1, 0.15) is 5.60 Å². The average molecular weight is 312 g/mol. The van der Waals surface area contributed by atoms with Crippen molar-refractivity contribution < 1.29 is 9.53 Å². The van der Waals surface area contributed by atoms with E-state index in [-0.39, 0.29) is 6.09 Å². The van der Waals surface area contributed by atoms with Crippen molar-refractivity contribution in [2.24, 2.45) is 0 Å². The van der Waals surface area contributed by atoms with Crippen LogP contribution in [0, 0.1) is 0 Å². The summed E-state index contributed by atoms with van der Waals surface area (Å²) in [5.41, 5.74) is -0.444. The van der Waals surface area contributed by atoms with Crippen molar-refractivity contribution >= 4 is 17.4 Å². The number of nitrogens with zero attached hydrogens (tertiary/aromatic N) is 1. The van der Waals surface area contributed by atoms with Gasteiger partial charge < -0.3 is 15.0 Å². The number of carbonyl (C=O) groups excluding carboxylic acids is 1. The molecule has 1 heterocycles. The van der Waals surface area contributed by atoms with Crippen molar-refractivity contribution in [2.75, 3.05) is 19.6 Å². The maximum Gasteiger partial charge on any atom is 0.410 e. The van der Waals surface area contributed by atoms with Crippen molar-refractivity contribution in [3.05, 3.63) is 22.4 Å². The Balaban J connectivity index is 2.43. The fourth-order valence-corrected chi connectivity index (χ4v) is 2.90. The summed E-state index contributed by atoms with van der Waals surface area (Å²) in [5, 5.41) is 5.61. The van der Waals surface area contributed by atoms with E-state index in [2.05, 4.69) is 29.8 Å². The second-order valence-corrected chi connectivity index (χ2v) is 6.97. The summed E-state index contributed by atoms with van der Waals surface area (Å²) in [6.45, 7) is 11.9. The van der Waals surface area contributed by atoms with E-state index in [4.69, 9.17) is 4.74 Å². The van der Waals surface area contributed by atoms with Crippen LogP contribution in [-0.2, 0) is 4.74 Å².